The van der Waals surface area contributed by atoms with Crippen LogP contribution in [0.3, 0.4) is 0 Å². The van der Waals surface area contributed by atoms with Crippen molar-refractivity contribution in [3.8, 4) is 0 Å². The fraction of sp³-hybridized carbons (Fsp3) is 1.00. The average Bonchev–Trinajstić information content (AvgIpc) is 2.42. The topological polar surface area (TPSA) is 47.7 Å². The van der Waals surface area contributed by atoms with Gasteiger partial charge >= 0.3 is 0 Å². The first-order chi connectivity index (χ1) is 9.32. The molecule has 120 valence electrons. The van der Waals surface area contributed by atoms with Crippen molar-refractivity contribution in [1.29, 1.82) is 0 Å². The van der Waals surface area contributed by atoms with Gasteiger partial charge in [0.2, 0.25) is 0 Å². The summed E-state index contributed by atoms with van der Waals surface area (Å²) in [7, 11) is 1.76. The Labute approximate surface area is 125 Å². The Hall–Kier alpha value is -0.160. The Morgan fingerprint density at radius 1 is 1.35 bits per heavy atom. The molecule has 1 aliphatic rings. The highest BCUT2D eigenvalue weighted by atomic mass is 16.5. The Bertz CT molecular complexity index is 296. The molecule has 0 radical (unpaired) electrons. The molecule has 0 spiro atoms. The molecule has 4 nitrogen and oxygen atoms in total. The minimum absolute atomic E-state index is 0.0296. The molecule has 1 fully saturated rings. The first-order valence-corrected chi connectivity index (χ1v) is 7.95. The molecular formula is C16H34N2O2. The van der Waals surface area contributed by atoms with E-state index in [-0.39, 0.29) is 11.0 Å². The number of rotatable bonds is 9. The molecule has 1 rings (SSSR count). The smallest absolute Gasteiger partial charge is 0.0662 e. The van der Waals surface area contributed by atoms with E-state index < -0.39 is 0 Å². The lowest BCUT2D eigenvalue weighted by Crippen LogP contribution is -2.74. The van der Waals surface area contributed by atoms with Gasteiger partial charge < -0.3 is 15.2 Å². The van der Waals surface area contributed by atoms with E-state index in [9.17, 15) is 0 Å². The molecule has 1 saturated carbocycles. The van der Waals surface area contributed by atoms with Gasteiger partial charge in [-0.1, -0.05) is 20.8 Å². The Morgan fingerprint density at radius 3 is 2.45 bits per heavy atom. The van der Waals surface area contributed by atoms with E-state index in [0.717, 1.165) is 39.1 Å². The van der Waals surface area contributed by atoms with E-state index in [1.54, 1.807) is 7.11 Å². The second kappa shape index (κ2) is 7.21. The van der Waals surface area contributed by atoms with Gasteiger partial charge in [-0.05, 0) is 26.7 Å². The molecule has 0 aromatic heterocycles. The van der Waals surface area contributed by atoms with Gasteiger partial charge in [0.15, 0.2) is 0 Å². The predicted molar refractivity (Wildman–Crippen MR) is 83.9 cm³/mol. The van der Waals surface area contributed by atoms with Gasteiger partial charge in [-0.2, -0.15) is 0 Å². The van der Waals surface area contributed by atoms with Crippen LogP contribution in [-0.4, -0.2) is 56.0 Å². The molecule has 0 saturated heterocycles. The van der Waals surface area contributed by atoms with Crippen LogP contribution >= 0.6 is 0 Å². The normalized spacial score (nSPS) is 30.3. The largest absolute Gasteiger partial charge is 0.383 e. The molecule has 0 aliphatic heterocycles. The van der Waals surface area contributed by atoms with Crippen LogP contribution in [0.5, 0.6) is 0 Å². The van der Waals surface area contributed by atoms with Gasteiger partial charge in [0.05, 0.1) is 12.7 Å². The lowest BCUT2D eigenvalue weighted by molar-refractivity contribution is -0.158. The quantitative estimate of drug-likeness (QED) is 0.706. The van der Waals surface area contributed by atoms with Crippen LogP contribution in [0.15, 0.2) is 0 Å². The van der Waals surface area contributed by atoms with E-state index in [0.29, 0.717) is 12.1 Å². The standard InChI is InChI=1S/C16H34N2O2/c1-7-13(3)18(9-10-19-6)12-16(17)11-14(20-8-2)15(16,4)5/h13-14H,7-12,17H2,1-6H3. The number of ether oxygens (including phenoxy) is 2. The van der Waals surface area contributed by atoms with Crippen molar-refractivity contribution in [3.05, 3.63) is 0 Å². The predicted octanol–water partition coefficient (Wildman–Crippen LogP) is 2.27. The van der Waals surface area contributed by atoms with Gasteiger partial charge in [-0.3, -0.25) is 4.90 Å². The molecule has 1 aliphatic carbocycles. The summed E-state index contributed by atoms with van der Waals surface area (Å²) in [6, 6.07) is 0.535. The third-order valence-electron chi connectivity index (χ3n) is 5.29. The summed E-state index contributed by atoms with van der Waals surface area (Å²) >= 11 is 0. The fourth-order valence-corrected chi connectivity index (χ4v) is 3.06. The minimum atomic E-state index is -0.163. The summed E-state index contributed by atoms with van der Waals surface area (Å²) in [5.41, 5.74) is 6.57. The van der Waals surface area contributed by atoms with Gasteiger partial charge in [-0.25, -0.2) is 0 Å². The van der Waals surface area contributed by atoms with E-state index >= 15 is 0 Å². The van der Waals surface area contributed by atoms with E-state index in [1.807, 2.05) is 0 Å². The number of hydrogen-bond donors (Lipinski definition) is 1. The molecule has 0 bridgehead atoms. The third-order valence-corrected chi connectivity index (χ3v) is 5.29. The third kappa shape index (κ3) is 3.53. The summed E-state index contributed by atoms with van der Waals surface area (Å²) in [5.74, 6) is 0. The summed E-state index contributed by atoms with van der Waals surface area (Å²) < 4.78 is 11.1. The van der Waals surface area contributed by atoms with Gasteiger partial charge in [-0.15, -0.1) is 0 Å². The summed E-state index contributed by atoms with van der Waals surface area (Å²) in [4.78, 5) is 2.47. The molecule has 20 heavy (non-hydrogen) atoms. The summed E-state index contributed by atoms with van der Waals surface area (Å²) in [5, 5.41) is 0. The second-order valence-electron chi connectivity index (χ2n) is 6.75. The molecule has 0 heterocycles. The van der Waals surface area contributed by atoms with E-state index in [2.05, 4.69) is 39.5 Å². The van der Waals surface area contributed by atoms with Crippen LogP contribution in [0, 0.1) is 5.41 Å². The highest BCUT2D eigenvalue weighted by Crippen LogP contribution is 2.50. The number of hydrogen-bond acceptors (Lipinski definition) is 4. The van der Waals surface area contributed by atoms with Crippen molar-refractivity contribution < 1.29 is 9.47 Å². The minimum Gasteiger partial charge on any atom is -0.383 e. The lowest BCUT2D eigenvalue weighted by atomic mass is 9.54. The molecule has 2 N–H and O–H groups in total. The molecule has 0 aromatic carbocycles. The molecular weight excluding hydrogens is 252 g/mol. The van der Waals surface area contributed by atoms with Crippen molar-refractivity contribution in [2.24, 2.45) is 11.1 Å². The van der Waals surface area contributed by atoms with Crippen molar-refractivity contribution in [1.82, 2.24) is 4.90 Å². The molecule has 3 atom stereocenters. The summed E-state index contributed by atoms with van der Waals surface area (Å²) in [6.45, 7) is 14.4. The van der Waals surface area contributed by atoms with Gasteiger partial charge in [0, 0.05) is 43.8 Å². The molecule has 0 amide bonds. The van der Waals surface area contributed by atoms with E-state index in [1.165, 1.54) is 0 Å². The SMILES string of the molecule is CCOC1CC(N)(CN(CCOC)C(C)CC)C1(C)C. The number of nitrogens with two attached hydrogens (primary N) is 1. The van der Waals surface area contributed by atoms with Crippen molar-refractivity contribution in [2.75, 3.05) is 33.4 Å². The Kier molecular flexibility index (Phi) is 6.45. The lowest BCUT2D eigenvalue weighted by Gasteiger charge is -2.60. The van der Waals surface area contributed by atoms with Crippen LogP contribution in [0.4, 0.5) is 0 Å². The number of nitrogens with zero attached hydrogens (tertiary/aromatic N) is 1. The van der Waals surface area contributed by atoms with Crippen molar-refractivity contribution in [3.63, 3.8) is 0 Å². The first kappa shape index (κ1) is 17.9. The fourth-order valence-electron chi connectivity index (χ4n) is 3.06. The Morgan fingerprint density at radius 2 is 2.00 bits per heavy atom. The van der Waals surface area contributed by atoms with Crippen molar-refractivity contribution >= 4 is 0 Å². The maximum Gasteiger partial charge on any atom is 0.0662 e. The zero-order valence-corrected chi connectivity index (χ0v) is 14.2. The van der Waals surface area contributed by atoms with Gasteiger partial charge in [0.1, 0.15) is 0 Å². The molecule has 3 unspecified atom stereocenters. The zero-order valence-electron chi connectivity index (χ0n) is 14.2. The highest BCUT2D eigenvalue weighted by molar-refractivity contribution is 5.15. The highest BCUT2D eigenvalue weighted by Gasteiger charge is 2.58. The second-order valence-corrected chi connectivity index (χ2v) is 6.75. The van der Waals surface area contributed by atoms with E-state index in [4.69, 9.17) is 15.2 Å². The van der Waals surface area contributed by atoms with Crippen LogP contribution in [0.2, 0.25) is 0 Å². The van der Waals surface area contributed by atoms with Crippen LogP contribution in [-0.2, 0) is 9.47 Å². The molecule has 0 aromatic rings. The Balaban J connectivity index is 2.68. The number of methoxy groups -OCH3 is 1. The van der Waals surface area contributed by atoms with Crippen LogP contribution in [0.25, 0.3) is 0 Å². The zero-order chi connectivity index (χ0) is 15.4. The van der Waals surface area contributed by atoms with Crippen molar-refractivity contribution in [2.45, 2.75) is 65.1 Å². The summed E-state index contributed by atoms with van der Waals surface area (Å²) in [6.07, 6.45) is 2.38. The monoisotopic (exact) mass is 286 g/mol. The van der Waals surface area contributed by atoms with Gasteiger partial charge in [0.25, 0.3) is 0 Å². The first-order valence-electron chi connectivity index (χ1n) is 7.95. The maximum absolute atomic E-state index is 6.70. The average molecular weight is 286 g/mol. The molecule has 4 heteroatoms. The maximum atomic E-state index is 6.70. The van der Waals surface area contributed by atoms with Crippen LogP contribution < -0.4 is 5.73 Å². The van der Waals surface area contributed by atoms with Crippen LogP contribution in [0.1, 0.15) is 47.5 Å².